The fourth-order valence-corrected chi connectivity index (χ4v) is 3.29. The number of ether oxygens (including phenoxy) is 2. The smallest absolute Gasteiger partial charge is 0.312 e. The minimum atomic E-state index is -0.981. The van der Waals surface area contributed by atoms with Crippen LogP contribution >= 0.6 is 0 Å². The van der Waals surface area contributed by atoms with E-state index in [0.29, 0.717) is 42.4 Å². The number of carbonyl (C=O) groups excluding carboxylic acids is 1. The molecule has 2 aromatic carbocycles. The number of hydrogen-bond acceptors (Lipinski definition) is 4. The van der Waals surface area contributed by atoms with Gasteiger partial charge in [0, 0.05) is 18.7 Å². The lowest BCUT2D eigenvalue weighted by molar-refractivity contribution is -0.139. The van der Waals surface area contributed by atoms with E-state index in [1.165, 1.54) is 0 Å². The number of amides is 1. The van der Waals surface area contributed by atoms with Crippen LogP contribution in [0.3, 0.4) is 0 Å². The van der Waals surface area contributed by atoms with Gasteiger partial charge in [-0.2, -0.15) is 0 Å². The Balaban J connectivity index is 1.85. The molecule has 142 valence electrons. The van der Waals surface area contributed by atoms with E-state index < -0.39 is 11.9 Å². The van der Waals surface area contributed by atoms with Crippen molar-refractivity contribution in [2.24, 2.45) is 0 Å². The Morgan fingerprint density at radius 2 is 1.81 bits per heavy atom. The molecule has 0 aromatic heterocycles. The van der Waals surface area contributed by atoms with Crippen molar-refractivity contribution in [3.63, 3.8) is 0 Å². The molecule has 6 heteroatoms. The van der Waals surface area contributed by atoms with Crippen LogP contribution in [0, 0.1) is 0 Å². The number of hydrogen-bond donors (Lipinski definition) is 1. The quantitative estimate of drug-likeness (QED) is 0.773. The molecular formula is C21H23NO5. The summed E-state index contributed by atoms with van der Waals surface area (Å²) in [6.45, 7) is 5.19. The van der Waals surface area contributed by atoms with E-state index in [4.69, 9.17) is 9.47 Å². The van der Waals surface area contributed by atoms with Gasteiger partial charge in [-0.25, -0.2) is 0 Å². The fourth-order valence-electron chi connectivity index (χ4n) is 3.29. The third kappa shape index (κ3) is 3.89. The first kappa shape index (κ1) is 18.8. The number of rotatable bonds is 8. The predicted octanol–water partition coefficient (Wildman–Crippen LogP) is 3.31. The van der Waals surface area contributed by atoms with E-state index in [-0.39, 0.29) is 12.5 Å². The van der Waals surface area contributed by atoms with Gasteiger partial charge in [0.05, 0.1) is 19.1 Å². The van der Waals surface area contributed by atoms with Gasteiger partial charge in [0.25, 0.3) is 5.91 Å². The molecule has 1 atom stereocenters. The molecule has 0 saturated carbocycles. The number of aliphatic carboxylic acids is 1. The molecule has 6 nitrogen and oxygen atoms in total. The average Bonchev–Trinajstić information content (AvgIpc) is 2.97. The SMILES string of the molecule is CCOc1ccc(C(CN2Cc3ccccc3C2=O)C(=O)O)cc1OCC. The van der Waals surface area contributed by atoms with Crippen molar-refractivity contribution >= 4 is 11.9 Å². The molecule has 0 saturated heterocycles. The van der Waals surface area contributed by atoms with Crippen molar-refractivity contribution in [3.8, 4) is 11.5 Å². The summed E-state index contributed by atoms with van der Waals surface area (Å²) < 4.78 is 11.1. The molecule has 1 N–H and O–H groups in total. The van der Waals surface area contributed by atoms with Crippen LogP contribution in [0.15, 0.2) is 42.5 Å². The molecule has 0 spiro atoms. The van der Waals surface area contributed by atoms with Gasteiger partial charge >= 0.3 is 5.97 Å². The summed E-state index contributed by atoms with van der Waals surface area (Å²) in [6.07, 6.45) is 0. The highest BCUT2D eigenvalue weighted by atomic mass is 16.5. The normalized spacial score (nSPS) is 14.0. The Hall–Kier alpha value is -3.02. The second-order valence-corrected chi connectivity index (χ2v) is 6.31. The molecule has 1 amide bonds. The number of benzene rings is 2. The third-order valence-corrected chi connectivity index (χ3v) is 4.57. The maximum atomic E-state index is 12.6. The van der Waals surface area contributed by atoms with Crippen LogP contribution in [0.5, 0.6) is 11.5 Å². The van der Waals surface area contributed by atoms with Crippen molar-refractivity contribution < 1.29 is 24.2 Å². The highest BCUT2D eigenvalue weighted by Crippen LogP contribution is 2.33. The van der Waals surface area contributed by atoms with Crippen molar-refractivity contribution in [3.05, 3.63) is 59.2 Å². The summed E-state index contributed by atoms with van der Waals surface area (Å²) in [5, 5.41) is 9.77. The van der Waals surface area contributed by atoms with Crippen molar-refractivity contribution in [2.45, 2.75) is 26.3 Å². The number of carboxylic acids is 1. The van der Waals surface area contributed by atoms with Crippen LogP contribution in [0.2, 0.25) is 0 Å². The van der Waals surface area contributed by atoms with Gasteiger partial charge < -0.3 is 19.5 Å². The van der Waals surface area contributed by atoms with Crippen LogP contribution in [0.4, 0.5) is 0 Å². The van der Waals surface area contributed by atoms with Gasteiger partial charge in [0.15, 0.2) is 11.5 Å². The summed E-state index contributed by atoms with van der Waals surface area (Å²) >= 11 is 0. The topological polar surface area (TPSA) is 76.1 Å². The molecular weight excluding hydrogens is 346 g/mol. The molecule has 0 bridgehead atoms. The summed E-state index contributed by atoms with van der Waals surface area (Å²) in [7, 11) is 0. The molecule has 1 unspecified atom stereocenters. The van der Waals surface area contributed by atoms with Gasteiger partial charge in [-0.1, -0.05) is 24.3 Å². The van der Waals surface area contributed by atoms with Crippen LogP contribution in [0.25, 0.3) is 0 Å². The first-order chi connectivity index (χ1) is 13.0. The lowest BCUT2D eigenvalue weighted by atomic mass is 9.98. The average molecular weight is 369 g/mol. The van der Waals surface area contributed by atoms with E-state index in [9.17, 15) is 14.7 Å². The highest BCUT2D eigenvalue weighted by molar-refractivity contribution is 5.98. The van der Waals surface area contributed by atoms with Gasteiger partial charge in [0.1, 0.15) is 0 Å². The van der Waals surface area contributed by atoms with Crippen molar-refractivity contribution in [2.75, 3.05) is 19.8 Å². The Labute approximate surface area is 158 Å². The molecule has 0 aliphatic carbocycles. The molecule has 2 aromatic rings. The molecule has 1 aliphatic rings. The van der Waals surface area contributed by atoms with Crippen LogP contribution in [0.1, 0.15) is 41.3 Å². The summed E-state index contributed by atoms with van der Waals surface area (Å²) in [6, 6.07) is 12.5. The molecule has 0 fully saturated rings. The molecule has 27 heavy (non-hydrogen) atoms. The third-order valence-electron chi connectivity index (χ3n) is 4.57. The van der Waals surface area contributed by atoms with Crippen LogP contribution in [-0.2, 0) is 11.3 Å². The zero-order valence-electron chi connectivity index (χ0n) is 15.5. The van der Waals surface area contributed by atoms with E-state index in [0.717, 1.165) is 5.56 Å². The maximum absolute atomic E-state index is 12.6. The first-order valence-electron chi connectivity index (χ1n) is 9.04. The Kier molecular flexibility index (Phi) is 5.64. The van der Waals surface area contributed by atoms with Gasteiger partial charge in [-0.3, -0.25) is 9.59 Å². The number of carbonyl (C=O) groups is 2. The van der Waals surface area contributed by atoms with E-state index in [1.54, 1.807) is 29.2 Å². The van der Waals surface area contributed by atoms with Gasteiger partial charge in [0.2, 0.25) is 0 Å². The summed E-state index contributed by atoms with van der Waals surface area (Å²) in [4.78, 5) is 26.1. The summed E-state index contributed by atoms with van der Waals surface area (Å²) in [5.74, 6) is -0.868. The summed E-state index contributed by atoms with van der Waals surface area (Å²) in [5.41, 5.74) is 2.15. The number of carboxylic acid groups (broad SMARTS) is 1. The Morgan fingerprint density at radius 1 is 1.11 bits per heavy atom. The Morgan fingerprint density at radius 3 is 2.48 bits per heavy atom. The minimum absolute atomic E-state index is 0.0996. The van der Waals surface area contributed by atoms with E-state index >= 15 is 0 Å². The minimum Gasteiger partial charge on any atom is -0.490 e. The lowest BCUT2D eigenvalue weighted by Gasteiger charge is -2.22. The van der Waals surface area contributed by atoms with Gasteiger partial charge in [-0.05, 0) is 43.2 Å². The standard InChI is InChI=1S/C21H23NO5/c1-3-26-18-10-9-14(11-19(18)27-4-2)17(21(24)25)13-22-12-15-7-5-6-8-16(15)20(22)23/h5-11,17H,3-4,12-13H2,1-2H3,(H,24,25). The number of fused-ring (bicyclic) bond motifs is 1. The maximum Gasteiger partial charge on any atom is 0.312 e. The van der Waals surface area contributed by atoms with E-state index in [1.807, 2.05) is 32.0 Å². The highest BCUT2D eigenvalue weighted by Gasteiger charge is 2.32. The molecule has 3 rings (SSSR count). The van der Waals surface area contributed by atoms with Gasteiger partial charge in [-0.15, -0.1) is 0 Å². The van der Waals surface area contributed by atoms with Crippen molar-refractivity contribution in [1.82, 2.24) is 4.90 Å². The first-order valence-corrected chi connectivity index (χ1v) is 9.04. The zero-order chi connectivity index (χ0) is 19.4. The van der Waals surface area contributed by atoms with E-state index in [2.05, 4.69) is 0 Å². The predicted molar refractivity (Wildman–Crippen MR) is 100 cm³/mol. The Bertz CT molecular complexity index is 848. The molecule has 1 heterocycles. The monoisotopic (exact) mass is 369 g/mol. The number of nitrogens with zero attached hydrogens (tertiary/aromatic N) is 1. The zero-order valence-corrected chi connectivity index (χ0v) is 15.5. The van der Waals surface area contributed by atoms with Crippen LogP contribution < -0.4 is 9.47 Å². The van der Waals surface area contributed by atoms with Crippen LogP contribution in [-0.4, -0.2) is 41.6 Å². The fraction of sp³-hybridized carbons (Fsp3) is 0.333. The second kappa shape index (κ2) is 8.12. The molecule has 0 radical (unpaired) electrons. The largest absolute Gasteiger partial charge is 0.490 e. The molecule has 1 aliphatic heterocycles. The van der Waals surface area contributed by atoms with Crippen molar-refractivity contribution in [1.29, 1.82) is 0 Å². The lowest BCUT2D eigenvalue weighted by Crippen LogP contribution is -2.32. The second-order valence-electron chi connectivity index (χ2n) is 6.31.